The number of morpholine rings is 1. The van der Waals surface area contributed by atoms with Gasteiger partial charge in [0, 0.05) is 50.4 Å². The van der Waals surface area contributed by atoms with Gasteiger partial charge in [-0.1, -0.05) is 0 Å². The Morgan fingerprint density at radius 1 is 1.52 bits per heavy atom. The second-order valence-electron chi connectivity index (χ2n) is 5.81. The summed E-state index contributed by atoms with van der Waals surface area (Å²) in [6.45, 7) is 8.34. The smallest absolute Gasteiger partial charge is 0.222 e. The van der Waals surface area contributed by atoms with Crippen LogP contribution in [0.3, 0.4) is 0 Å². The number of ether oxygens (including phenoxy) is 1. The standard InChI is InChI=1S/C15H26N4O2/c1-12(19-6-8-21-9-7-19)4-5-15(20)18(3)11-14-10-16-17-13(14)2/h10,12H,4-9,11H2,1-3H3,(H,16,17)/t12-/m0/s1. The molecule has 0 saturated carbocycles. The number of amides is 1. The molecule has 0 bridgehead atoms. The van der Waals surface area contributed by atoms with Gasteiger partial charge in [-0.3, -0.25) is 14.8 Å². The van der Waals surface area contributed by atoms with Crippen LogP contribution in [0.2, 0.25) is 0 Å². The third-order valence-electron chi connectivity index (χ3n) is 4.21. The van der Waals surface area contributed by atoms with E-state index < -0.39 is 0 Å². The van der Waals surface area contributed by atoms with E-state index in [9.17, 15) is 4.79 Å². The zero-order valence-corrected chi connectivity index (χ0v) is 13.3. The number of nitrogens with zero attached hydrogens (tertiary/aromatic N) is 3. The molecule has 1 saturated heterocycles. The monoisotopic (exact) mass is 294 g/mol. The van der Waals surface area contributed by atoms with Crippen molar-refractivity contribution in [2.75, 3.05) is 33.4 Å². The van der Waals surface area contributed by atoms with Crippen molar-refractivity contribution in [3.63, 3.8) is 0 Å². The van der Waals surface area contributed by atoms with Crippen molar-refractivity contribution in [2.24, 2.45) is 0 Å². The van der Waals surface area contributed by atoms with Crippen LogP contribution >= 0.6 is 0 Å². The summed E-state index contributed by atoms with van der Waals surface area (Å²) in [6, 6.07) is 0.432. The Morgan fingerprint density at radius 3 is 2.86 bits per heavy atom. The van der Waals surface area contributed by atoms with Crippen molar-refractivity contribution in [3.05, 3.63) is 17.5 Å². The van der Waals surface area contributed by atoms with E-state index in [0.29, 0.717) is 19.0 Å². The molecule has 0 spiro atoms. The van der Waals surface area contributed by atoms with E-state index >= 15 is 0 Å². The molecule has 1 atom stereocenters. The minimum absolute atomic E-state index is 0.190. The first-order valence-corrected chi connectivity index (χ1v) is 7.62. The van der Waals surface area contributed by atoms with Crippen LogP contribution in [-0.4, -0.2) is 65.3 Å². The van der Waals surface area contributed by atoms with Crippen LogP contribution in [0.1, 0.15) is 31.0 Å². The predicted octanol–water partition coefficient (Wildman–Crippen LogP) is 1.18. The molecule has 1 aromatic rings. The van der Waals surface area contributed by atoms with Gasteiger partial charge in [-0.05, 0) is 20.3 Å². The Bertz CT molecular complexity index is 454. The highest BCUT2D eigenvalue weighted by atomic mass is 16.5. The van der Waals surface area contributed by atoms with Gasteiger partial charge in [0.15, 0.2) is 0 Å². The third kappa shape index (κ3) is 4.54. The van der Waals surface area contributed by atoms with Crippen molar-refractivity contribution in [1.29, 1.82) is 0 Å². The zero-order chi connectivity index (χ0) is 15.2. The van der Waals surface area contributed by atoms with Crippen molar-refractivity contribution in [1.82, 2.24) is 20.0 Å². The van der Waals surface area contributed by atoms with E-state index in [1.807, 2.05) is 14.0 Å². The molecule has 2 rings (SSSR count). The van der Waals surface area contributed by atoms with Gasteiger partial charge >= 0.3 is 0 Å². The third-order valence-corrected chi connectivity index (χ3v) is 4.21. The van der Waals surface area contributed by atoms with Crippen LogP contribution < -0.4 is 0 Å². The molecule has 21 heavy (non-hydrogen) atoms. The summed E-state index contributed by atoms with van der Waals surface area (Å²) in [7, 11) is 1.86. The number of carbonyl (C=O) groups excluding carboxylic acids is 1. The fourth-order valence-electron chi connectivity index (χ4n) is 2.60. The van der Waals surface area contributed by atoms with Gasteiger partial charge in [0.05, 0.1) is 19.4 Å². The van der Waals surface area contributed by atoms with Gasteiger partial charge in [0.25, 0.3) is 0 Å². The lowest BCUT2D eigenvalue weighted by atomic mass is 10.1. The Labute approximate surface area is 126 Å². The van der Waals surface area contributed by atoms with E-state index in [4.69, 9.17) is 4.74 Å². The Hall–Kier alpha value is -1.40. The molecular formula is C15H26N4O2. The van der Waals surface area contributed by atoms with Gasteiger partial charge < -0.3 is 9.64 Å². The molecule has 0 radical (unpaired) electrons. The molecule has 118 valence electrons. The maximum Gasteiger partial charge on any atom is 0.222 e. The summed E-state index contributed by atoms with van der Waals surface area (Å²) in [5.74, 6) is 0.190. The minimum atomic E-state index is 0.190. The molecule has 1 aliphatic heterocycles. The lowest BCUT2D eigenvalue weighted by Crippen LogP contribution is -2.42. The molecule has 1 aromatic heterocycles. The number of hydrogen-bond acceptors (Lipinski definition) is 4. The molecule has 6 nitrogen and oxygen atoms in total. The molecule has 1 fully saturated rings. The van der Waals surface area contributed by atoms with Gasteiger partial charge in [-0.25, -0.2) is 0 Å². The Balaban J connectivity index is 1.74. The summed E-state index contributed by atoms with van der Waals surface area (Å²) >= 11 is 0. The lowest BCUT2D eigenvalue weighted by molar-refractivity contribution is -0.130. The average molecular weight is 294 g/mol. The fourth-order valence-corrected chi connectivity index (χ4v) is 2.60. The molecule has 1 N–H and O–H groups in total. The Kier molecular flexibility index (Phi) is 5.76. The highest BCUT2D eigenvalue weighted by molar-refractivity contribution is 5.75. The van der Waals surface area contributed by atoms with E-state index in [1.165, 1.54) is 0 Å². The molecule has 0 aromatic carbocycles. The first-order chi connectivity index (χ1) is 10.1. The van der Waals surface area contributed by atoms with Crippen LogP contribution in [0.15, 0.2) is 6.20 Å². The van der Waals surface area contributed by atoms with Gasteiger partial charge in [-0.2, -0.15) is 5.10 Å². The van der Waals surface area contributed by atoms with Crippen LogP contribution in [0, 0.1) is 6.92 Å². The maximum absolute atomic E-state index is 12.2. The van der Waals surface area contributed by atoms with Crippen LogP contribution in [0.25, 0.3) is 0 Å². The van der Waals surface area contributed by atoms with E-state index in [0.717, 1.165) is 44.0 Å². The second-order valence-corrected chi connectivity index (χ2v) is 5.81. The van der Waals surface area contributed by atoms with Gasteiger partial charge in [-0.15, -0.1) is 0 Å². The van der Waals surface area contributed by atoms with Crippen molar-refractivity contribution >= 4 is 5.91 Å². The first-order valence-electron chi connectivity index (χ1n) is 7.62. The van der Waals surface area contributed by atoms with Crippen LogP contribution in [-0.2, 0) is 16.1 Å². The summed E-state index contributed by atoms with van der Waals surface area (Å²) < 4.78 is 5.36. The summed E-state index contributed by atoms with van der Waals surface area (Å²) in [5.41, 5.74) is 2.10. The van der Waals surface area contributed by atoms with Crippen molar-refractivity contribution in [3.8, 4) is 0 Å². The molecule has 0 aliphatic carbocycles. The van der Waals surface area contributed by atoms with Crippen LogP contribution in [0.4, 0.5) is 0 Å². The molecule has 1 aliphatic rings. The quantitative estimate of drug-likeness (QED) is 0.856. The maximum atomic E-state index is 12.2. The minimum Gasteiger partial charge on any atom is -0.379 e. The van der Waals surface area contributed by atoms with Crippen molar-refractivity contribution in [2.45, 2.75) is 39.3 Å². The van der Waals surface area contributed by atoms with E-state index in [2.05, 4.69) is 22.0 Å². The van der Waals surface area contributed by atoms with Gasteiger partial charge in [0.1, 0.15) is 0 Å². The molecule has 2 heterocycles. The molecule has 0 unspecified atom stereocenters. The topological polar surface area (TPSA) is 61.5 Å². The SMILES string of the molecule is Cc1[nH]ncc1CN(C)C(=O)CC[C@H](C)N1CCOCC1. The number of nitrogens with one attached hydrogen (secondary N) is 1. The molecule has 1 amide bonds. The number of H-pyrrole nitrogens is 1. The number of hydrogen-bond donors (Lipinski definition) is 1. The largest absolute Gasteiger partial charge is 0.379 e. The number of rotatable bonds is 6. The van der Waals surface area contributed by atoms with Gasteiger partial charge in [0.2, 0.25) is 5.91 Å². The molecule has 6 heteroatoms. The van der Waals surface area contributed by atoms with E-state index in [-0.39, 0.29) is 5.91 Å². The number of aromatic amines is 1. The Morgan fingerprint density at radius 2 is 2.24 bits per heavy atom. The first kappa shape index (κ1) is 16.0. The zero-order valence-electron chi connectivity index (χ0n) is 13.3. The summed E-state index contributed by atoms with van der Waals surface area (Å²) in [6.07, 6.45) is 3.27. The summed E-state index contributed by atoms with van der Waals surface area (Å²) in [5, 5.41) is 6.89. The van der Waals surface area contributed by atoms with Crippen molar-refractivity contribution < 1.29 is 9.53 Å². The second kappa shape index (κ2) is 7.56. The predicted molar refractivity (Wildman–Crippen MR) is 80.9 cm³/mol. The fraction of sp³-hybridized carbons (Fsp3) is 0.733. The molecular weight excluding hydrogens is 268 g/mol. The number of carbonyl (C=O) groups is 1. The lowest BCUT2D eigenvalue weighted by Gasteiger charge is -2.32. The summed E-state index contributed by atoms with van der Waals surface area (Å²) in [4.78, 5) is 16.4. The highest BCUT2D eigenvalue weighted by Crippen LogP contribution is 2.12. The highest BCUT2D eigenvalue weighted by Gasteiger charge is 2.19. The van der Waals surface area contributed by atoms with Crippen LogP contribution in [0.5, 0.6) is 0 Å². The normalized spacial score (nSPS) is 17.7. The average Bonchev–Trinajstić information content (AvgIpc) is 2.90. The number of aromatic nitrogens is 2. The van der Waals surface area contributed by atoms with E-state index in [1.54, 1.807) is 11.1 Å². The number of aryl methyl sites for hydroxylation is 1.